The first-order valence-corrected chi connectivity index (χ1v) is 10.8. The second-order valence-corrected chi connectivity index (χ2v) is 8.57. The summed E-state index contributed by atoms with van der Waals surface area (Å²) >= 11 is 0. The molecule has 31 heavy (non-hydrogen) atoms. The van der Waals surface area contributed by atoms with Crippen LogP contribution in [0.3, 0.4) is 0 Å². The van der Waals surface area contributed by atoms with E-state index < -0.39 is 0 Å². The number of fused-ring (bicyclic) bond motifs is 2. The second kappa shape index (κ2) is 7.56. The summed E-state index contributed by atoms with van der Waals surface area (Å²) in [7, 11) is 0. The van der Waals surface area contributed by atoms with Gasteiger partial charge in [0.05, 0.1) is 0 Å². The van der Waals surface area contributed by atoms with Gasteiger partial charge < -0.3 is 0 Å². The van der Waals surface area contributed by atoms with Gasteiger partial charge in [0, 0.05) is 0 Å². The van der Waals surface area contributed by atoms with Crippen LogP contribution < -0.4 is 0 Å². The van der Waals surface area contributed by atoms with Crippen LogP contribution in [0.15, 0.2) is 97.6 Å². The zero-order valence-electron chi connectivity index (χ0n) is 18.4. The van der Waals surface area contributed by atoms with Crippen LogP contribution in [0.2, 0.25) is 0 Å². The molecule has 0 saturated carbocycles. The average molecular weight is 399 g/mol. The van der Waals surface area contributed by atoms with Gasteiger partial charge in [0.1, 0.15) is 0 Å². The Kier molecular flexibility index (Phi) is 4.71. The molecule has 0 aliphatic carbocycles. The monoisotopic (exact) mass is 398 g/mol. The lowest BCUT2D eigenvalue weighted by Crippen LogP contribution is -1.93. The Labute approximate surface area is 184 Å². The van der Waals surface area contributed by atoms with Crippen molar-refractivity contribution in [3.05, 3.63) is 114 Å². The minimum absolute atomic E-state index is 1.11. The topological polar surface area (TPSA) is 0 Å². The van der Waals surface area contributed by atoms with Crippen LogP contribution in [0, 0.1) is 13.8 Å². The molecular formula is C31H26. The van der Waals surface area contributed by atoms with E-state index in [0.717, 1.165) is 5.57 Å². The van der Waals surface area contributed by atoms with E-state index in [0.29, 0.717) is 0 Å². The quantitative estimate of drug-likeness (QED) is 0.266. The summed E-state index contributed by atoms with van der Waals surface area (Å²) in [5.74, 6) is 0. The van der Waals surface area contributed by atoms with Crippen LogP contribution in [0.4, 0.5) is 0 Å². The zero-order chi connectivity index (χ0) is 21.5. The fraction of sp³-hybridized carbons (Fsp3) is 0.0968. The average Bonchev–Trinajstić information content (AvgIpc) is 2.78. The lowest BCUT2D eigenvalue weighted by atomic mass is 9.85. The molecule has 150 valence electrons. The molecule has 0 radical (unpaired) electrons. The van der Waals surface area contributed by atoms with Gasteiger partial charge in [-0.3, -0.25) is 0 Å². The molecule has 5 aromatic carbocycles. The van der Waals surface area contributed by atoms with Gasteiger partial charge in [-0.05, 0) is 75.7 Å². The molecule has 5 rings (SSSR count). The largest absolute Gasteiger partial charge is 0.0955 e. The molecule has 0 nitrogen and oxygen atoms in total. The summed E-state index contributed by atoms with van der Waals surface area (Å²) in [6.45, 7) is 10.8. The maximum atomic E-state index is 4.33. The Hall–Kier alpha value is -3.64. The molecule has 0 bridgehead atoms. The van der Waals surface area contributed by atoms with Crippen molar-refractivity contribution in [2.75, 3.05) is 0 Å². The van der Waals surface area contributed by atoms with E-state index in [1.807, 2.05) is 0 Å². The summed E-state index contributed by atoms with van der Waals surface area (Å²) in [6.07, 6.45) is 0. The van der Waals surface area contributed by atoms with E-state index in [4.69, 9.17) is 0 Å². The highest BCUT2D eigenvalue weighted by Gasteiger charge is 2.16. The van der Waals surface area contributed by atoms with E-state index in [-0.39, 0.29) is 0 Å². The normalized spacial score (nSPS) is 11.2. The number of allylic oxidation sites excluding steroid dienone is 1. The van der Waals surface area contributed by atoms with Crippen molar-refractivity contribution in [2.24, 2.45) is 0 Å². The minimum Gasteiger partial charge on any atom is -0.0955 e. The molecule has 0 heterocycles. The van der Waals surface area contributed by atoms with Crippen molar-refractivity contribution < 1.29 is 0 Å². The van der Waals surface area contributed by atoms with Gasteiger partial charge in [-0.1, -0.05) is 109 Å². The second-order valence-electron chi connectivity index (χ2n) is 8.57. The SMILES string of the molecule is C=C(C)c1c2cc(C)ccc2c(-c2ccc(-c3ccccc3)cc2)c2cc(C)ccc12. The highest BCUT2D eigenvalue weighted by Crippen LogP contribution is 2.42. The fourth-order valence-corrected chi connectivity index (χ4v) is 4.69. The fourth-order valence-electron chi connectivity index (χ4n) is 4.69. The predicted molar refractivity (Wildman–Crippen MR) is 137 cm³/mol. The molecule has 0 N–H and O–H groups in total. The Morgan fingerprint density at radius 3 is 1.74 bits per heavy atom. The first-order valence-electron chi connectivity index (χ1n) is 10.8. The lowest BCUT2D eigenvalue weighted by Gasteiger charge is -2.18. The van der Waals surface area contributed by atoms with Crippen LogP contribution in [0.25, 0.3) is 49.4 Å². The van der Waals surface area contributed by atoms with Crippen molar-refractivity contribution in [1.29, 1.82) is 0 Å². The van der Waals surface area contributed by atoms with Crippen LogP contribution >= 0.6 is 0 Å². The number of aryl methyl sites for hydroxylation is 2. The highest BCUT2D eigenvalue weighted by atomic mass is 14.2. The van der Waals surface area contributed by atoms with Crippen molar-refractivity contribution in [2.45, 2.75) is 20.8 Å². The van der Waals surface area contributed by atoms with Crippen LogP contribution in [-0.4, -0.2) is 0 Å². The van der Waals surface area contributed by atoms with Gasteiger partial charge in [-0.2, -0.15) is 0 Å². The van der Waals surface area contributed by atoms with Crippen LogP contribution in [0.1, 0.15) is 23.6 Å². The zero-order valence-corrected chi connectivity index (χ0v) is 18.4. The van der Waals surface area contributed by atoms with Crippen molar-refractivity contribution in [3.63, 3.8) is 0 Å². The summed E-state index contributed by atoms with van der Waals surface area (Å²) < 4.78 is 0. The van der Waals surface area contributed by atoms with Gasteiger partial charge in [0.25, 0.3) is 0 Å². The maximum absolute atomic E-state index is 4.33. The lowest BCUT2D eigenvalue weighted by molar-refractivity contribution is 1.49. The molecule has 0 spiro atoms. The molecule has 0 aliphatic rings. The van der Waals surface area contributed by atoms with E-state index in [1.165, 1.54) is 60.5 Å². The first-order chi connectivity index (χ1) is 15.0. The Morgan fingerprint density at radius 1 is 0.548 bits per heavy atom. The van der Waals surface area contributed by atoms with Gasteiger partial charge in [-0.25, -0.2) is 0 Å². The van der Waals surface area contributed by atoms with Crippen molar-refractivity contribution in [1.82, 2.24) is 0 Å². The van der Waals surface area contributed by atoms with E-state index >= 15 is 0 Å². The third kappa shape index (κ3) is 3.35. The number of hydrogen-bond donors (Lipinski definition) is 0. The summed E-state index contributed by atoms with van der Waals surface area (Å²) in [5, 5.41) is 5.14. The van der Waals surface area contributed by atoms with Crippen LogP contribution in [0.5, 0.6) is 0 Å². The molecule has 0 atom stereocenters. The number of rotatable bonds is 3. The highest BCUT2D eigenvalue weighted by molar-refractivity contribution is 6.18. The molecule has 5 aromatic rings. The van der Waals surface area contributed by atoms with Crippen LogP contribution in [-0.2, 0) is 0 Å². The van der Waals surface area contributed by atoms with E-state index in [9.17, 15) is 0 Å². The van der Waals surface area contributed by atoms with Crippen molar-refractivity contribution in [3.8, 4) is 22.3 Å². The third-order valence-corrected chi connectivity index (χ3v) is 6.13. The standard InChI is InChI=1S/C31H26/c1-20(2)30-26-16-10-22(4)19-29(26)31(27-17-11-21(3)18-28(27)30)25-14-12-24(13-15-25)23-8-6-5-7-9-23/h5-19H,1H2,2-4H3. The van der Waals surface area contributed by atoms with Gasteiger partial charge in [0.15, 0.2) is 0 Å². The summed E-state index contributed by atoms with van der Waals surface area (Å²) in [5.41, 5.74) is 9.95. The smallest absolute Gasteiger partial charge is 0.00263 e. The van der Waals surface area contributed by atoms with Gasteiger partial charge in [-0.15, -0.1) is 0 Å². The molecule has 0 heteroatoms. The molecule has 0 fully saturated rings. The maximum Gasteiger partial charge on any atom is -0.00263 e. The number of hydrogen-bond acceptors (Lipinski definition) is 0. The Bertz CT molecular complexity index is 1440. The number of benzene rings is 5. The molecule has 0 amide bonds. The molecule has 0 saturated heterocycles. The first kappa shape index (κ1) is 19.3. The predicted octanol–water partition coefficient (Wildman–Crippen LogP) is 8.98. The minimum atomic E-state index is 1.11. The van der Waals surface area contributed by atoms with Gasteiger partial charge in [0.2, 0.25) is 0 Å². The Balaban J connectivity index is 1.85. The summed E-state index contributed by atoms with van der Waals surface area (Å²) in [6, 6.07) is 33.1. The molecule has 0 aromatic heterocycles. The molecule has 0 unspecified atom stereocenters. The molecular weight excluding hydrogens is 372 g/mol. The van der Waals surface area contributed by atoms with Crippen molar-refractivity contribution >= 4 is 27.1 Å². The summed E-state index contributed by atoms with van der Waals surface area (Å²) in [4.78, 5) is 0. The van der Waals surface area contributed by atoms with E-state index in [2.05, 4.69) is 118 Å². The molecule has 0 aliphatic heterocycles. The Morgan fingerprint density at radius 2 is 1.10 bits per heavy atom. The third-order valence-electron chi connectivity index (χ3n) is 6.13. The van der Waals surface area contributed by atoms with Gasteiger partial charge >= 0.3 is 0 Å². The van der Waals surface area contributed by atoms with E-state index in [1.54, 1.807) is 0 Å².